The molecule has 1 heterocycles. The van der Waals surface area contributed by atoms with Gasteiger partial charge in [-0.2, -0.15) is 0 Å². The van der Waals surface area contributed by atoms with E-state index < -0.39 is 33.6 Å². The Hall–Kier alpha value is -2.68. The van der Waals surface area contributed by atoms with Crippen molar-refractivity contribution in [1.29, 1.82) is 0 Å². The van der Waals surface area contributed by atoms with Crippen LogP contribution in [0.25, 0.3) is 0 Å². The third kappa shape index (κ3) is 5.72. The molecule has 1 fully saturated rings. The summed E-state index contributed by atoms with van der Waals surface area (Å²) in [5, 5.41) is 2.72. The zero-order valence-corrected chi connectivity index (χ0v) is 18.5. The number of nitrogens with zero attached hydrogens (tertiary/aromatic N) is 2. The Morgan fingerprint density at radius 2 is 1.71 bits per heavy atom. The van der Waals surface area contributed by atoms with Crippen LogP contribution >= 0.6 is 0 Å². The number of amides is 1. The summed E-state index contributed by atoms with van der Waals surface area (Å²) in [6, 6.07) is 9.46. The van der Waals surface area contributed by atoms with E-state index in [0.717, 1.165) is 53.1 Å². The maximum atomic E-state index is 13.6. The highest BCUT2D eigenvalue weighted by Gasteiger charge is 2.29. The van der Waals surface area contributed by atoms with Crippen molar-refractivity contribution in [2.45, 2.75) is 38.8 Å². The minimum Gasteiger partial charge on any atom is -0.372 e. The molecule has 0 aliphatic carbocycles. The van der Waals surface area contributed by atoms with E-state index in [1.807, 2.05) is 24.3 Å². The van der Waals surface area contributed by atoms with Crippen molar-refractivity contribution in [2.75, 3.05) is 28.6 Å². The normalized spacial score (nSPS) is 15.4. The summed E-state index contributed by atoms with van der Waals surface area (Å²) >= 11 is 0. The molecule has 1 aliphatic rings. The average molecular weight is 452 g/mol. The second kappa shape index (κ2) is 9.64. The predicted octanol–water partition coefficient (Wildman–Crippen LogP) is 3.43. The fraction of sp³-hybridized carbons (Fsp3) is 0.409. The standard InChI is InChI=1S/C22H27F2N3O3S/c1-16(27(31(2,29)30)19-10-11-20(23)21(24)14-19)22(28)25-15-17-6-8-18(9-7-17)26-12-4-3-5-13-26/h6-11,14,16H,3-5,12-13,15H2,1-2H3,(H,25,28)/t16-/m0/s1. The largest absolute Gasteiger partial charge is 0.372 e. The van der Waals surface area contributed by atoms with Gasteiger partial charge in [0.25, 0.3) is 0 Å². The average Bonchev–Trinajstić information content (AvgIpc) is 2.74. The number of hydrogen-bond acceptors (Lipinski definition) is 4. The first-order valence-electron chi connectivity index (χ1n) is 10.2. The van der Waals surface area contributed by atoms with Crippen molar-refractivity contribution in [1.82, 2.24) is 5.32 Å². The monoisotopic (exact) mass is 451 g/mol. The van der Waals surface area contributed by atoms with Crippen LogP contribution in [0.3, 0.4) is 0 Å². The predicted molar refractivity (Wildman–Crippen MR) is 117 cm³/mol. The molecule has 0 bridgehead atoms. The van der Waals surface area contributed by atoms with Crippen LogP contribution in [0, 0.1) is 11.6 Å². The number of anilines is 2. The summed E-state index contributed by atoms with van der Waals surface area (Å²) in [5.41, 5.74) is 1.90. The third-order valence-corrected chi connectivity index (χ3v) is 6.61. The van der Waals surface area contributed by atoms with Crippen LogP contribution in [0.5, 0.6) is 0 Å². The summed E-state index contributed by atoms with van der Waals surface area (Å²) < 4.78 is 52.2. The molecule has 3 rings (SSSR count). The molecule has 0 unspecified atom stereocenters. The second-order valence-electron chi connectivity index (χ2n) is 7.77. The Kier molecular flexibility index (Phi) is 7.15. The van der Waals surface area contributed by atoms with Gasteiger partial charge in [-0.1, -0.05) is 12.1 Å². The minimum atomic E-state index is -3.91. The van der Waals surface area contributed by atoms with Crippen LogP contribution in [0.1, 0.15) is 31.7 Å². The molecule has 1 N–H and O–H groups in total. The Morgan fingerprint density at radius 3 is 2.29 bits per heavy atom. The molecule has 6 nitrogen and oxygen atoms in total. The van der Waals surface area contributed by atoms with Gasteiger partial charge in [0.05, 0.1) is 11.9 Å². The van der Waals surface area contributed by atoms with E-state index in [4.69, 9.17) is 0 Å². The van der Waals surface area contributed by atoms with Crippen LogP contribution in [0.2, 0.25) is 0 Å². The number of rotatable bonds is 7. The van der Waals surface area contributed by atoms with Gasteiger partial charge in [0.15, 0.2) is 11.6 Å². The fourth-order valence-electron chi connectivity index (χ4n) is 3.74. The number of carbonyl (C=O) groups excluding carboxylic acids is 1. The molecule has 1 aliphatic heterocycles. The molecule has 31 heavy (non-hydrogen) atoms. The topological polar surface area (TPSA) is 69.7 Å². The fourth-order valence-corrected chi connectivity index (χ4v) is 4.91. The second-order valence-corrected chi connectivity index (χ2v) is 9.62. The van der Waals surface area contributed by atoms with Gasteiger partial charge >= 0.3 is 0 Å². The molecule has 1 saturated heterocycles. The lowest BCUT2D eigenvalue weighted by molar-refractivity contribution is -0.122. The highest BCUT2D eigenvalue weighted by Crippen LogP contribution is 2.23. The molecule has 1 amide bonds. The van der Waals surface area contributed by atoms with E-state index in [1.165, 1.54) is 26.2 Å². The number of sulfonamides is 1. The van der Waals surface area contributed by atoms with E-state index in [-0.39, 0.29) is 12.2 Å². The first-order valence-corrected chi connectivity index (χ1v) is 12.1. The van der Waals surface area contributed by atoms with E-state index >= 15 is 0 Å². The van der Waals surface area contributed by atoms with Crippen molar-refractivity contribution >= 4 is 27.3 Å². The SMILES string of the molecule is C[C@@H](C(=O)NCc1ccc(N2CCCCC2)cc1)N(c1ccc(F)c(F)c1)S(C)(=O)=O. The van der Waals surface area contributed by atoms with Crippen LogP contribution < -0.4 is 14.5 Å². The van der Waals surface area contributed by atoms with Crippen molar-refractivity contribution in [3.05, 3.63) is 59.7 Å². The Bertz CT molecular complexity index is 1020. The molecule has 9 heteroatoms. The Morgan fingerprint density at radius 1 is 1.06 bits per heavy atom. The molecular weight excluding hydrogens is 424 g/mol. The van der Waals surface area contributed by atoms with Gasteiger partial charge in [0, 0.05) is 31.4 Å². The van der Waals surface area contributed by atoms with Crippen molar-refractivity contribution in [2.24, 2.45) is 0 Å². The maximum absolute atomic E-state index is 13.6. The minimum absolute atomic E-state index is 0.116. The highest BCUT2D eigenvalue weighted by atomic mass is 32.2. The van der Waals surface area contributed by atoms with E-state index in [1.54, 1.807) is 0 Å². The van der Waals surface area contributed by atoms with Crippen LogP contribution in [-0.2, 0) is 21.4 Å². The lowest BCUT2D eigenvalue weighted by Crippen LogP contribution is -2.47. The van der Waals surface area contributed by atoms with Crippen LogP contribution in [0.4, 0.5) is 20.2 Å². The molecule has 0 saturated carbocycles. The smallest absolute Gasteiger partial charge is 0.243 e. The van der Waals surface area contributed by atoms with E-state index in [2.05, 4.69) is 10.2 Å². The Balaban J connectivity index is 1.67. The Labute approximate surface area is 181 Å². The number of nitrogens with one attached hydrogen (secondary N) is 1. The van der Waals surface area contributed by atoms with Gasteiger partial charge in [0.2, 0.25) is 15.9 Å². The van der Waals surface area contributed by atoms with Gasteiger partial charge in [-0.05, 0) is 56.0 Å². The summed E-state index contributed by atoms with van der Waals surface area (Å²) in [4.78, 5) is 15.0. The molecule has 2 aromatic carbocycles. The summed E-state index contributed by atoms with van der Waals surface area (Å²) in [5.74, 6) is -2.83. The number of piperidine rings is 1. The number of hydrogen-bond donors (Lipinski definition) is 1. The summed E-state index contributed by atoms with van der Waals surface area (Å²) in [7, 11) is -3.91. The molecule has 168 valence electrons. The summed E-state index contributed by atoms with van der Waals surface area (Å²) in [6.07, 6.45) is 4.54. The van der Waals surface area contributed by atoms with E-state index in [9.17, 15) is 22.0 Å². The van der Waals surface area contributed by atoms with Gasteiger partial charge in [-0.15, -0.1) is 0 Å². The third-order valence-electron chi connectivity index (χ3n) is 5.37. The number of carbonyl (C=O) groups is 1. The quantitative estimate of drug-likeness (QED) is 0.700. The molecule has 0 radical (unpaired) electrons. The first kappa shape index (κ1) is 23.0. The zero-order chi connectivity index (χ0) is 22.6. The van der Waals surface area contributed by atoms with Crippen molar-refractivity contribution < 1.29 is 22.0 Å². The van der Waals surface area contributed by atoms with Crippen LogP contribution in [0.15, 0.2) is 42.5 Å². The first-order chi connectivity index (χ1) is 14.7. The number of halogens is 2. The van der Waals surface area contributed by atoms with Crippen molar-refractivity contribution in [3.63, 3.8) is 0 Å². The van der Waals surface area contributed by atoms with Gasteiger partial charge in [-0.3, -0.25) is 9.10 Å². The van der Waals surface area contributed by atoms with Crippen LogP contribution in [-0.4, -0.2) is 39.7 Å². The van der Waals surface area contributed by atoms with Gasteiger partial charge in [0.1, 0.15) is 6.04 Å². The summed E-state index contributed by atoms with van der Waals surface area (Å²) in [6.45, 7) is 3.70. The van der Waals surface area contributed by atoms with E-state index in [0.29, 0.717) is 0 Å². The molecule has 0 aromatic heterocycles. The van der Waals surface area contributed by atoms with Gasteiger partial charge in [-0.25, -0.2) is 17.2 Å². The molecule has 1 atom stereocenters. The number of benzene rings is 2. The zero-order valence-electron chi connectivity index (χ0n) is 17.6. The lowest BCUT2D eigenvalue weighted by atomic mass is 10.1. The highest BCUT2D eigenvalue weighted by molar-refractivity contribution is 7.92. The molecule has 2 aromatic rings. The van der Waals surface area contributed by atoms with Gasteiger partial charge < -0.3 is 10.2 Å². The lowest BCUT2D eigenvalue weighted by Gasteiger charge is -2.29. The molecule has 0 spiro atoms. The van der Waals surface area contributed by atoms with Crippen molar-refractivity contribution in [3.8, 4) is 0 Å². The molecular formula is C22H27F2N3O3S. The maximum Gasteiger partial charge on any atom is 0.243 e.